The van der Waals surface area contributed by atoms with Crippen LogP contribution in [0.5, 0.6) is 0 Å². The summed E-state index contributed by atoms with van der Waals surface area (Å²) in [6, 6.07) is 8.24. The van der Waals surface area contributed by atoms with Crippen molar-refractivity contribution in [2.75, 3.05) is 5.75 Å². The van der Waals surface area contributed by atoms with E-state index in [0.29, 0.717) is 11.8 Å². The van der Waals surface area contributed by atoms with Crippen LogP contribution in [0.3, 0.4) is 0 Å². The number of ketones is 1. The van der Waals surface area contributed by atoms with Crippen molar-refractivity contribution < 1.29 is 18.0 Å². The molecule has 0 saturated heterocycles. The van der Waals surface area contributed by atoms with Crippen LogP contribution in [0.4, 0.5) is 0 Å². The van der Waals surface area contributed by atoms with Crippen molar-refractivity contribution >= 4 is 21.9 Å². The second-order valence-electron chi connectivity index (χ2n) is 5.37. The topological polar surface area (TPSA) is 68.3 Å². The van der Waals surface area contributed by atoms with E-state index in [4.69, 9.17) is 0 Å². The number of Topliss-reactive ketones (excluding diaryl/α,β-unsaturated/α-hetero) is 1. The van der Waals surface area contributed by atoms with Gasteiger partial charge in [0.1, 0.15) is 6.29 Å². The molecule has 0 aliphatic heterocycles. The van der Waals surface area contributed by atoms with Gasteiger partial charge in [0.05, 0.1) is 16.4 Å². The predicted octanol–water partition coefficient (Wildman–Crippen LogP) is 1.90. The van der Waals surface area contributed by atoms with Crippen molar-refractivity contribution in [3.8, 4) is 0 Å². The van der Waals surface area contributed by atoms with Crippen molar-refractivity contribution in [3.05, 3.63) is 35.9 Å². The van der Waals surface area contributed by atoms with Crippen LogP contribution in [0.1, 0.15) is 31.1 Å². The van der Waals surface area contributed by atoms with E-state index in [0.717, 1.165) is 0 Å². The molecule has 0 heterocycles. The lowest BCUT2D eigenvalue weighted by Gasteiger charge is -2.21. The van der Waals surface area contributed by atoms with Crippen LogP contribution in [0, 0.1) is 5.92 Å². The lowest BCUT2D eigenvalue weighted by Crippen LogP contribution is -2.36. The van der Waals surface area contributed by atoms with Crippen LogP contribution in [0.15, 0.2) is 30.3 Å². The SMILES string of the molecule is CC(C)(C)S(=O)(=O)CC(C=O)C(=O)c1ccccc1. The normalized spacial score (nSPS) is 13.8. The predicted molar refractivity (Wildman–Crippen MR) is 73.9 cm³/mol. The van der Waals surface area contributed by atoms with E-state index >= 15 is 0 Å². The zero-order valence-electron chi connectivity index (χ0n) is 11.3. The molecule has 1 unspecified atom stereocenters. The minimum atomic E-state index is -3.51. The third-order valence-corrected chi connectivity index (χ3v) is 5.56. The summed E-state index contributed by atoms with van der Waals surface area (Å²) in [5.41, 5.74) is 0.351. The molecule has 0 saturated carbocycles. The number of benzene rings is 1. The number of hydrogen-bond acceptors (Lipinski definition) is 4. The molecule has 0 amide bonds. The van der Waals surface area contributed by atoms with E-state index in [2.05, 4.69) is 0 Å². The molecule has 4 nitrogen and oxygen atoms in total. The van der Waals surface area contributed by atoms with Crippen LogP contribution in [-0.4, -0.2) is 31.0 Å². The average Bonchev–Trinajstić information content (AvgIpc) is 2.35. The Kier molecular flexibility index (Phi) is 4.63. The second-order valence-corrected chi connectivity index (χ2v) is 8.15. The summed E-state index contributed by atoms with van der Waals surface area (Å²) in [6.07, 6.45) is 0.415. The van der Waals surface area contributed by atoms with Crippen molar-refractivity contribution in [3.63, 3.8) is 0 Å². The highest BCUT2D eigenvalue weighted by Gasteiger charge is 2.34. The average molecular weight is 282 g/mol. The monoisotopic (exact) mass is 282 g/mol. The van der Waals surface area contributed by atoms with Crippen molar-refractivity contribution in [1.82, 2.24) is 0 Å². The maximum Gasteiger partial charge on any atom is 0.174 e. The Balaban J connectivity index is 2.98. The number of aldehydes is 1. The van der Waals surface area contributed by atoms with Gasteiger partial charge in [-0.15, -0.1) is 0 Å². The molecule has 0 fully saturated rings. The minimum absolute atomic E-state index is 0.351. The number of carbonyl (C=O) groups excluding carboxylic acids is 2. The van der Waals surface area contributed by atoms with Gasteiger partial charge in [0.2, 0.25) is 0 Å². The van der Waals surface area contributed by atoms with Gasteiger partial charge in [0.15, 0.2) is 15.6 Å². The van der Waals surface area contributed by atoms with Gasteiger partial charge in [0, 0.05) is 5.56 Å². The minimum Gasteiger partial charge on any atom is -0.303 e. The van der Waals surface area contributed by atoms with Crippen LogP contribution in [0.25, 0.3) is 0 Å². The summed E-state index contributed by atoms with van der Waals surface area (Å²) in [5.74, 6) is -2.05. The van der Waals surface area contributed by atoms with Gasteiger partial charge in [-0.05, 0) is 20.8 Å². The van der Waals surface area contributed by atoms with Crippen molar-refractivity contribution in [1.29, 1.82) is 0 Å². The van der Waals surface area contributed by atoms with Gasteiger partial charge in [0.25, 0.3) is 0 Å². The van der Waals surface area contributed by atoms with E-state index in [1.807, 2.05) is 0 Å². The third kappa shape index (κ3) is 3.73. The highest BCUT2D eigenvalue weighted by Crippen LogP contribution is 2.20. The number of carbonyl (C=O) groups is 2. The van der Waals surface area contributed by atoms with E-state index in [9.17, 15) is 18.0 Å². The summed E-state index contributed by atoms with van der Waals surface area (Å²) < 4.78 is 23.1. The summed E-state index contributed by atoms with van der Waals surface area (Å²) >= 11 is 0. The van der Waals surface area contributed by atoms with Crippen LogP contribution in [-0.2, 0) is 14.6 Å². The van der Waals surface area contributed by atoms with Gasteiger partial charge in [-0.2, -0.15) is 0 Å². The smallest absolute Gasteiger partial charge is 0.174 e. The Morgan fingerprint density at radius 2 is 1.74 bits per heavy atom. The third-order valence-electron chi connectivity index (χ3n) is 2.89. The highest BCUT2D eigenvalue weighted by atomic mass is 32.2. The van der Waals surface area contributed by atoms with Gasteiger partial charge >= 0.3 is 0 Å². The maximum atomic E-state index is 12.1. The molecule has 1 rings (SSSR count). The molecule has 1 aromatic carbocycles. The molecule has 0 aliphatic carbocycles. The Morgan fingerprint density at radius 1 is 1.21 bits per heavy atom. The molecule has 1 atom stereocenters. The van der Waals surface area contributed by atoms with Gasteiger partial charge < -0.3 is 4.79 Å². The van der Waals surface area contributed by atoms with E-state index in [1.165, 1.54) is 0 Å². The molecular formula is C14H18O4S. The molecule has 104 valence electrons. The molecule has 1 aromatic rings. The Hall–Kier alpha value is -1.49. The Labute approximate surface area is 113 Å². The Bertz CT molecular complexity index is 553. The number of rotatable bonds is 5. The first-order valence-electron chi connectivity index (χ1n) is 5.96. The number of hydrogen-bond donors (Lipinski definition) is 0. The largest absolute Gasteiger partial charge is 0.303 e. The zero-order valence-corrected chi connectivity index (χ0v) is 12.1. The first kappa shape index (κ1) is 15.6. The molecule has 19 heavy (non-hydrogen) atoms. The summed E-state index contributed by atoms with van der Waals surface area (Å²) in [5, 5.41) is 0. The molecular weight excluding hydrogens is 264 g/mol. The summed E-state index contributed by atoms with van der Waals surface area (Å²) in [7, 11) is -3.51. The fourth-order valence-electron chi connectivity index (χ4n) is 1.48. The molecule has 5 heteroatoms. The fraction of sp³-hybridized carbons (Fsp3) is 0.429. The fourth-order valence-corrected chi connectivity index (χ4v) is 2.68. The van der Waals surface area contributed by atoms with Gasteiger partial charge in [-0.3, -0.25) is 4.79 Å². The lowest BCUT2D eigenvalue weighted by atomic mass is 10.0. The Morgan fingerprint density at radius 3 is 2.16 bits per heavy atom. The first-order valence-corrected chi connectivity index (χ1v) is 7.61. The summed E-state index contributed by atoms with van der Waals surface area (Å²) in [4.78, 5) is 23.1. The molecule has 0 aliphatic rings. The molecule has 0 bridgehead atoms. The lowest BCUT2D eigenvalue weighted by molar-refractivity contribution is -0.109. The maximum absolute atomic E-state index is 12.1. The molecule has 0 radical (unpaired) electrons. The van der Waals surface area contributed by atoms with Crippen LogP contribution < -0.4 is 0 Å². The number of sulfone groups is 1. The molecule has 0 N–H and O–H groups in total. The van der Waals surface area contributed by atoms with Crippen LogP contribution >= 0.6 is 0 Å². The van der Waals surface area contributed by atoms with E-state index in [1.54, 1.807) is 51.1 Å². The quantitative estimate of drug-likeness (QED) is 0.470. The van der Waals surface area contributed by atoms with E-state index < -0.39 is 32.0 Å². The van der Waals surface area contributed by atoms with E-state index in [-0.39, 0.29) is 0 Å². The van der Waals surface area contributed by atoms with Crippen molar-refractivity contribution in [2.45, 2.75) is 25.5 Å². The van der Waals surface area contributed by atoms with Crippen molar-refractivity contribution in [2.24, 2.45) is 5.92 Å². The van der Waals surface area contributed by atoms with Gasteiger partial charge in [-0.1, -0.05) is 30.3 Å². The first-order chi connectivity index (χ1) is 8.69. The van der Waals surface area contributed by atoms with Gasteiger partial charge in [-0.25, -0.2) is 8.42 Å². The zero-order chi connectivity index (χ0) is 14.7. The molecule has 0 spiro atoms. The molecule has 0 aromatic heterocycles. The standard InChI is InChI=1S/C14H18O4S/c1-14(2,3)19(17,18)10-12(9-15)13(16)11-7-5-4-6-8-11/h4-9,12H,10H2,1-3H3. The summed E-state index contributed by atoms with van der Waals surface area (Å²) in [6.45, 7) is 4.66. The van der Waals surface area contributed by atoms with Crippen LogP contribution in [0.2, 0.25) is 0 Å². The highest BCUT2D eigenvalue weighted by molar-refractivity contribution is 7.92. The second kappa shape index (κ2) is 5.65.